The molecule has 4 bridgehead atoms. The third kappa shape index (κ3) is 2.79. The topological polar surface area (TPSA) is 49.6 Å². The summed E-state index contributed by atoms with van der Waals surface area (Å²) in [4.78, 5) is 17.5. The van der Waals surface area contributed by atoms with Gasteiger partial charge < -0.3 is 9.42 Å². The molecule has 26 heavy (non-hydrogen) atoms. The number of piperazine rings is 1. The van der Waals surface area contributed by atoms with E-state index in [0.717, 1.165) is 62.5 Å². The molecule has 0 N–H and O–H groups in total. The molecule has 4 aliphatic carbocycles. The normalized spacial score (nSPS) is 36.7. The van der Waals surface area contributed by atoms with Crippen molar-refractivity contribution in [3.05, 3.63) is 17.5 Å². The molecule has 0 aromatic carbocycles. The maximum atomic E-state index is 12.8. The highest BCUT2D eigenvalue weighted by Crippen LogP contribution is 2.57. The van der Waals surface area contributed by atoms with E-state index >= 15 is 0 Å². The smallest absolute Gasteiger partial charge is 0.276 e. The quantitative estimate of drug-likeness (QED) is 0.829. The van der Waals surface area contributed by atoms with Crippen molar-refractivity contribution in [1.29, 1.82) is 0 Å². The zero-order valence-corrected chi connectivity index (χ0v) is 16.0. The van der Waals surface area contributed by atoms with Crippen LogP contribution in [-0.2, 0) is 6.42 Å². The first-order valence-corrected chi connectivity index (χ1v) is 10.6. The molecule has 142 valence electrons. The molecular weight excluding hydrogens is 326 g/mol. The van der Waals surface area contributed by atoms with Gasteiger partial charge in [-0.3, -0.25) is 9.69 Å². The maximum Gasteiger partial charge on any atom is 0.276 e. The number of aryl methyl sites for hydroxylation is 1. The average Bonchev–Trinajstić information content (AvgIpc) is 3.09. The van der Waals surface area contributed by atoms with Crippen LogP contribution < -0.4 is 0 Å². The highest BCUT2D eigenvalue weighted by molar-refractivity contribution is 5.92. The summed E-state index contributed by atoms with van der Waals surface area (Å²) < 4.78 is 5.29. The summed E-state index contributed by atoms with van der Waals surface area (Å²) in [7, 11) is 0. The van der Waals surface area contributed by atoms with Crippen molar-refractivity contribution in [2.24, 2.45) is 17.8 Å². The number of hydrogen-bond acceptors (Lipinski definition) is 4. The van der Waals surface area contributed by atoms with E-state index in [0.29, 0.717) is 11.2 Å². The van der Waals surface area contributed by atoms with Gasteiger partial charge in [0.1, 0.15) is 5.76 Å². The van der Waals surface area contributed by atoms with Crippen LogP contribution >= 0.6 is 0 Å². The van der Waals surface area contributed by atoms with Crippen LogP contribution in [0.5, 0.6) is 0 Å². The van der Waals surface area contributed by atoms with Gasteiger partial charge in [0.25, 0.3) is 5.91 Å². The van der Waals surface area contributed by atoms with E-state index in [1.807, 2.05) is 11.0 Å². The summed E-state index contributed by atoms with van der Waals surface area (Å²) in [5.74, 6) is 3.80. The molecule has 5 heteroatoms. The number of amides is 1. The molecule has 1 aromatic rings. The summed E-state index contributed by atoms with van der Waals surface area (Å²) in [5, 5.41) is 4.00. The Morgan fingerprint density at radius 3 is 2.31 bits per heavy atom. The molecule has 1 aliphatic heterocycles. The van der Waals surface area contributed by atoms with Crippen LogP contribution in [0.25, 0.3) is 0 Å². The second-order valence-corrected chi connectivity index (χ2v) is 9.35. The number of carbonyl (C=O) groups is 1. The van der Waals surface area contributed by atoms with Crippen LogP contribution in [0.2, 0.25) is 0 Å². The second kappa shape index (κ2) is 6.36. The Balaban J connectivity index is 1.23. The van der Waals surface area contributed by atoms with Gasteiger partial charge in [0.15, 0.2) is 5.69 Å². The van der Waals surface area contributed by atoms with Gasteiger partial charge >= 0.3 is 0 Å². The minimum absolute atomic E-state index is 0.0428. The van der Waals surface area contributed by atoms with Gasteiger partial charge in [-0.05, 0) is 62.7 Å². The van der Waals surface area contributed by atoms with Crippen molar-refractivity contribution >= 4 is 5.91 Å². The third-order valence-electron chi connectivity index (χ3n) is 7.52. The molecule has 5 nitrogen and oxygen atoms in total. The number of aromatic nitrogens is 1. The van der Waals surface area contributed by atoms with E-state index in [1.54, 1.807) is 0 Å². The Morgan fingerprint density at radius 2 is 1.73 bits per heavy atom. The van der Waals surface area contributed by atoms with E-state index < -0.39 is 0 Å². The first-order valence-electron chi connectivity index (χ1n) is 10.6. The molecule has 5 fully saturated rings. The van der Waals surface area contributed by atoms with E-state index in [1.165, 1.54) is 38.5 Å². The first-order chi connectivity index (χ1) is 12.6. The summed E-state index contributed by atoms with van der Waals surface area (Å²) in [5.41, 5.74) is 0.947. The Labute approximate surface area is 156 Å². The lowest BCUT2D eigenvalue weighted by molar-refractivity contribution is -0.0987. The average molecular weight is 357 g/mol. The summed E-state index contributed by atoms with van der Waals surface area (Å²) in [6.07, 6.45) is 10.6. The van der Waals surface area contributed by atoms with Gasteiger partial charge in [0.2, 0.25) is 0 Å². The third-order valence-corrected chi connectivity index (χ3v) is 7.52. The van der Waals surface area contributed by atoms with Crippen LogP contribution in [-0.4, -0.2) is 52.6 Å². The molecule has 4 saturated carbocycles. The largest absolute Gasteiger partial charge is 0.361 e. The van der Waals surface area contributed by atoms with Gasteiger partial charge in [-0.1, -0.05) is 12.1 Å². The van der Waals surface area contributed by atoms with Gasteiger partial charge in [0, 0.05) is 44.2 Å². The van der Waals surface area contributed by atoms with Crippen LogP contribution in [0.3, 0.4) is 0 Å². The van der Waals surface area contributed by atoms with Crippen molar-refractivity contribution < 1.29 is 9.32 Å². The van der Waals surface area contributed by atoms with Crippen molar-refractivity contribution in [3.63, 3.8) is 0 Å². The maximum absolute atomic E-state index is 12.8. The Bertz CT molecular complexity index is 639. The first kappa shape index (κ1) is 16.8. The van der Waals surface area contributed by atoms with E-state index in [-0.39, 0.29) is 5.91 Å². The Kier molecular flexibility index (Phi) is 4.11. The molecule has 1 aromatic heterocycles. The molecular formula is C21H31N3O2. The Hall–Kier alpha value is -1.36. The zero-order valence-electron chi connectivity index (χ0n) is 16.0. The minimum Gasteiger partial charge on any atom is -0.361 e. The Morgan fingerprint density at radius 1 is 1.12 bits per heavy atom. The molecule has 0 atom stereocenters. The number of rotatable bonds is 4. The lowest BCUT2D eigenvalue weighted by atomic mass is 9.52. The highest BCUT2D eigenvalue weighted by Gasteiger charge is 2.53. The molecule has 0 unspecified atom stereocenters. The van der Waals surface area contributed by atoms with Crippen molar-refractivity contribution in [1.82, 2.24) is 15.0 Å². The molecule has 5 aliphatic rings. The fraction of sp³-hybridized carbons (Fsp3) is 0.810. The van der Waals surface area contributed by atoms with E-state index in [4.69, 9.17) is 4.52 Å². The van der Waals surface area contributed by atoms with Crippen LogP contribution in [0.1, 0.15) is 68.1 Å². The fourth-order valence-electron chi connectivity index (χ4n) is 6.78. The van der Waals surface area contributed by atoms with Crippen LogP contribution in [0.15, 0.2) is 10.6 Å². The van der Waals surface area contributed by atoms with Crippen LogP contribution in [0, 0.1) is 17.8 Å². The number of hydrogen-bond donors (Lipinski definition) is 0. The minimum atomic E-state index is 0.0428. The lowest BCUT2D eigenvalue weighted by Crippen LogP contribution is -2.64. The molecule has 2 heterocycles. The summed E-state index contributed by atoms with van der Waals surface area (Å²) in [6.45, 7) is 5.82. The SMILES string of the molecule is CCCc1cc(C(=O)N2CCN(C34CC5CC(CC(C5)C3)C4)CC2)no1. The molecule has 0 radical (unpaired) electrons. The lowest BCUT2D eigenvalue weighted by Gasteiger charge is -2.61. The molecule has 0 spiro atoms. The van der Waals surface area contributed by atoms with Gasteiger partial charge in [-0.15, -0.1) is 0 Å². The zero-order chi connectivity index (χ0) is 17.7. The van der Waals surface area contributed by atoms with Gasteiger partial charge in [-0.2, -0.15) is 0 Å². The fourth-order valence-corrected chi connectivity index (χ4v) is 6.78. The second-order valence-electron chi connectivity index (χ2n) is 9.35. The molecule has 1 saturated heterocycles. The monoisotopic (exact) mass is 357 g/mol. The standard InChI is InChI=1S/C21H31N3O2/c1-2-3-18-11-19(22-26-18)20(25)23-4-6-24(7-5-23)21-12-15-8-16(13-21)10-17(9-15)14-21/h11,15-17H,2-10,12-14H2,1H3. The summed E-state index contributed by atoms with van der Waals surface area (Å²) >= 11 is 0. The molecule has 6 rings (SSSR count). The predicted molar refractivity (Wildman–Crippen MR) is 98.9 cm³/mol. The van der Waals surface area contributed by atoms with Gasteiger partial charge in [-0.25, -0.2) is 0 Å². The van der Waals surface area contributed by atoms with Crippen molar-refractivity contribution in [2.45, 2.75) is 63.8 Å². The van der Waals surface area contributed by atoms with E-state index in [2.05, 4.69) is 17.0 Å². The summed E-state index contributed by atoms with van der Waals surface area (Å²) in [6, 6.07) is 1.83. The molecule has 1 amide bonds. The van der Waals surface area contributed by atoms with Crippen molar-refractivity contribution in [3.8, 4) is 0 Å². The van der Waals surface area contributed by atoms with Crippen LogP contribution in [0.4, 0.5) is 0 Å². The van der Waals surface area contributed by atoms with Gasteiger partial charge in [0.05, 0.1) is 0 Å². The number of nitrogens with zero attached hydrogens (tertiary/aromatic N) is 3. The van der Waals surface area contributed by atoms with Crippen molar-refractivity contribution in [2.75, 3.05) is 26.2 Å². The van der Waals surface area contributed by atoms with E-state index in [9.17, 15) is 4.79 Å². The highest BCUT2D eigenvalue weighted by atomic mass is 16.5. The predicted octanol–water partition coefficient (Wildman–Crippen LogP) is 3.35. The number of carbonyl (C=O) groups excluding carboxylic acids is 1.